The Bertz CT molecular complexity index is 452. The third-order valence-corrected chi connectivity index (χ3v) is 3.92. The van der Waals surface area contributed by atoms with Crippen LogP contribution in [0.4, 0.5) is 5.69 Å². The number of fused-ring (bicyclic) bond motifs is 1. The molecule has 0 spiro atoms. The number of anilines is 1. The first kappa shape index (κ1) is 9.31. The largest absolute Gasteiger partial charge is 0.398 e. The van der Waals surface area contributed by atoms with Crippen LogP contribution in [-0.4, -0.2) is 0 Å². The number of hydrogen-bond donors (Lipinski definition) is 1. The average molecular weight is 277 g/mol. The minimum Gasteiger partial charge on any atom is -0.398 e. The molecule has 0 saturated carbocycles. The number of hydrogen-bond acceptors (Lipinski definition) is 2. The molecule has 68 valence electrons. The lowest BCUT2D eigenvalue weighted by molar-refractivity contribution is 1.47. The Balaban J connectivity index is 2.77. The van der Waals surface area contributed by atoms with Crippen molar-refractivity contribution in [1.29, 1.82) is 0 Å². The van der Waals surface area contributed by atoms with Gasteiger partial charge in [0.15, 0.2) is 0 Å². The van der Waals surface area contributed by atoms with Gasteiger partial charge in [-0.1, -0.05) is 27.5 Å². The van der Waals surface area contributed by atoms with Gasteiger partial charge in [0, 0.05) is 26.5 Å². The monoisotopic (exact) mass is 275 g/mol. The van der Waals surface area contributed by atoms with Gasteiger partial charge in [-0.25, -0.2) is 0 Å². The molecule has 1 aromatic carbocycles. The molecule has 0 aliphatic carbocycles. The van der Waals surface area contributed by atoms with Crippen LogP contribution in [0, 0.1) is 0 Å². The van der Waals surface area contributed by atoms with Gasteiger partial charge in [-0.15, -0.1) is 11.3 Å². The maximum Gasteiger partial charge on any atom is 0.0591 e. The number of alkyl halides is 1. The number of halogens is 2. The van der Waals surface area contributed by atoms with Crippen molar-refractivity contribution in [3.05, 3.63) is 28.1 Å². The van der Waals surface area contributed by atoms with Crippen molar-refractivity contribution < 1.29 is 0 Å². The van der Waals surface area contributed by atoms with E-state index in [2.05, 4.69) is 15.9 Å². The van der Waals surface area contributed by atoms with Crippen LogP contribution < -0.4 is 5.73 Å². The fraction of sp³-hybridized carbons (Fsp3) is 0.111. The Labute approximate surface area is 93.6 Å². The molecular formula is C9H7BrClNS. The van der Waals surface area contributed by atoms with E-state index in [4.69, 9.17) is 17.3 Å². The van der Waals surface area contributed by atoms with E-state index in [1.165, 1.54) is 0 Å². The van der Waals surface area contributed by atoms with E-state index < -0.39 is 0 Å². The lowest BCUT2D eigenvalue weighted by Crippen LogP contribution is -1.90. The minimum atomic E-state index is 0.765. The molecule has 0 radical (unpaired) electrons. The summed E-state index contributed by atoms with van der Waals surface area (Å²) in [7, 11) is 0. The summed E-state index contributed by atoms with van der Waals surface area (Å²) in [5.41, 5.74) is 7.75. The average Bonchev–Trinajstić information content (AvgIpc) is 2.46. The molecule has 13 heavy (non-hydrogen) atoms. The summed E-state index contributed by atoms with van der Waals surface area (Å²) in [6.07, 6.45) is 0. The molecule has 0 saturated heterocycles. The topological polar surface area (TPSA) is 26.0 Å². The molecule has 1 heterocycles. The smallest absolute Gasteiger partial charge is 0.0591 e. The molecule has 1 nitrogen and oxygen atoms in total. The molecule has 0 unspecified atom stereocenters. The van der Waals surface area contributed by atoms with Crippen LogP contribution in [0.1, 0.15) is 5.56 Å². The van der Waals surface area contributed by atoms with Crippen LogP contribution in [0.25, 0.3) is 10.1 Å². The summed E-state index contributed by atoms with van der Waals surface area (Å²) in [6.45, 7) is 0. The van der Waals surface area contributed by atoms with Crippen LogP contribution in [-0.2, 0) is 5.33 Å². The first-order valence-corrected chi connectivity index (χ1v) is 6.11. The van der Waals surface area contributed by atoms with E-state index in [0.717, 1.165) is 31.7 Å². The molecule has 0 bridgehead atoms. The van der Waals surface area contributed by atoms with Crippen molar-refractivity contribution in [2.75, 3.05) is 5.73 Å². The highest BCUT2D eigenvalue weighted by atomic mass is 79.9. The van der Waals surface area contributed by atoms with Crippen LogP contribution in [0.5, 0.6) is 0 Å². The highest BCUT2D eigenvalue weighted by Crippen LogP contribution is 2.33. The van der Waals surface area contributed by atoms with Crippen molar-refractivity contribution in [3.8, 4) is 0 Å². The molecule has 0 amide bonds. The highest BCUT2D eigenvalue weighted by molar-refractivity contribution is 9.08. The van der Waals surface area contributed by atoms with Crippen LogP contribution in [0.3, 0.4) is 0 Å². The van der Waals surface area contributed by atoms with Crippen molar-refractivity contribution in [1.82, 2.24) is 0 Å². The first-order valence-electron chi connectivity index (χ1n) is 3.73. The normalized spacial score (nSPS) is 10.9. The SMILES string of the molecule is Nc1cc2scc(Cl)c2cc1CBr. The number of thiophene rings is 1. The Hall–Kier alpha value is -0.250. The maximum absolute atomic E-state index is 6.01. The Morgan fingerprint density at radius 2 is 2.23 bits per heavy atom. The summed E-state index contributed by atoms with van der Waals surface area (Å²) < 4.78 is 1.15. The van der Waals surface area contributed by atoms with Crippen LogP contribution in [0.15, 0.2) is 17.5 Å². The summed E-state index contributed by atoms with van der Waals surface area (Å²) in [5.74, 6) is 0. The molecule has 1 aromatic heterocycles. The van der Waals surface area contributed by atoms with Crippen molar-refractivity contribution >= 4 is 54.6 Å². The van der Waals surface area contributed by atoms with Crippen molar-refractivity contribution in [2.24, 2.45) is 0 Å². The predicted octanol–water partition coefficient (Wildman–Crippen LogP) is 4.03. The van der Waals surface area contributed by atoms with Gasteiger partial charge < -0.3 is 5.73 Å². The molecule has 2 rings (SSSR count). The van der Waals surface area contributed by atoms with Gasteiger partial charge in [-0.2, -0.15) is 0 Å². The van der Waals surface area contributed by atoms with Crippen molar-refractivity contribution in [2.45, 2.75) is 5.33 Å². The minimum absolute atomic E-state index is 0.765. The van der Waals surface area contributed by atoms with Crippen LogP contribution in [0.2, 0.25) is 5.02 Å². The lowest BCUT2D eigenvalue weighted by Gasteiger charge is -2.01. The highest BCUT2D eigenvalue weighted by Gasteiger charge is 2.05. The Morgan fingerprint density at radius 1 is 1.46 bits per heavy atom. The first-order chi connectivity index (χ1) is 6.22. The standard InChI is InChI=1S/C9H7BrClNS/c10-3-5-1-6-7(11)4-13-9(6)2-8(5)12/h1-2,4H,3,12H2. The van der Waals surface area contributed by atoms with Crippen LogP contribution >= 0.6 is 38.9 Å². The van der Waals surface area contributed by atoms with E-state index in [1.807, 2.05) is 17.5 Å². The van der Waals surface area contributed by atoms with Gasteiger partial charge in [-0.05, 0) is 17.7 Å². The molecule has 2 aromatic rings. The third-order valence-electron chi connectivity index (χ3n) is 1.93. The number of benzene rings is 1. The second-order valence-corrected chi connectivity index (χ2v) is 4.64. The second kappa shape index (κ2) is 3.48. The quantitative estimate of drug-likeness (QED) is 0.617. The lowest BCUT2D eigenvalue weighted by atomic mass is 10.1. The zero-order valence-corrected chi connectivity index (χ0v) is 9.84. The van der Waals surface area contributed by atoms with E-state index in [1.54, 1.807) is 11.3 Å². The fourth-order valence-electron chi connectivity index (χ4n) is 1.22. The molecule has 4 heteroatoms. The number of nitrogens with two attached hydrogens (primary N) is 1. The van der Waals surface area contributed by atoms with E-state index >= 15 is 0 Å². The zero-order valence-electron chi connectivity index (χ0n) is 6.68. The van der Waals surface area contributed by atoms with Gasteiger partial charge in [-0.3, -0.25) is 0 Å². The summed E-state index contributed by atoms with van der Waals surface area (Å²) in [5, 5.41) is 4.60. The zero-order chi connectivity index (χ0) is 9.42. The van der Waals surface area contributed by atoms with E-state index in [0.29, 0.717) is 0 Å². The van der Waals surface area contributed by atoms with E-state index in [9.17, 15) is 0 Å². The maximum atomic E-state index is 6.01. The fourth-order valence-corrected chi connectivity index (χ4v) is 2.90. The summed E-state index contributed by atoms with van der Waals surface area (Å²) in [4.78, 5) is 0. The van der Waals surface area contributed by atoms with Gasteiger partial charge in [0.25, 0.3) is 0 Å². The second-order valence-electron chi connectivity index (χ2n) is 2.76. The molecule has 0 fully saturated rings. The van der Waals surface area contributed by atoms with Gasteiger partial charge in [0.1, 0.15) is 0 Å². The van der Waals surface area contributed by atoms with Gasteiger partial charge in [0.2, 0.25) is 0 Å². The van der Waals surface area contributed by atoms with Gasteiger partial charge in [0.05, 0.1) is 5.02 Å². The summed E-state index contributed by atoms with van der Waals surface area (Å²) >= 11 is 11.0. The summed E-state index contributed by atoms with van der Waals surface area (Å²) in [6, 6.07) is 4.01. The predicted molar refractivity (Wildman–Crippen MR) is 63.9 cm³/mol. The van der Waals surface area contributed by atoms with Crippen molar-refractivity contribution in [3.63, 3.8) is 0 Å². The molecule has 2 N–H and O–H groups in total. The van der Waals surface area contributed by atoms with Gasteiger partial charge >= 0.3 is 0 Å². The number of nitrogen functional groups attached to an aromatic ring is 1. The number of rotatable bonds is 1. The Kier molecular flexibility index (Phi) is 2.49. The van der Waals surface area contributed by atoms with E-state index in [-0.39, 0.29) is 0 Å². The molecule has 0 aliphatic heterocycles. The molecular weight excluding hydrogens is 270 g/mol. The third kappa shape index (κ3) is 1.56. The molecule has 0 aliphatic rings. The Morgan fingerprint density at radius 3 is 2.92 bits per heavy atom. The molecule has 0 atom stereocenters.